The number of benzene rings is 1. The van der Waals surface area contributed by atoms with Crippen molar-refractivity contribution in [2.45, 2.75) is 6.92 Å². The Bertz CT molecular complexity index is 598. The maximum atomic E-state index is 12.5. The molecule has 1 aromatic heterocycles. The first-order valence-corrected chi connectivity index (χ1v) is 5.90. The molecule has 0 radical (unpaired) electrons. The maximum Gasteiger partial charge on any atom is 0.261 e. The number of pyridine rings is 1. The number of aromatic nitrogens is 1. The number of hydrogen-bond donors (Lipinski definition) is 2. The van der Waals surface area contributed by atoms with E-state index in [2.05, 4.69) is 10.4 Å². The van der Waals surface area contributed by atoms with Gasteiger partial charge in [0.1, 0.15) is 0 Å². The predicted molar refractivity (Wildman–Crippen MR) is 76.0 cm³/mol. The highest BCUT2D eigenvalue weighted by atomic mass is 16.2. The summed E-state index contributed by atoms with van der Waals surface area (Å²) < 4.78 is 0. The van der Waals surface area contributed by atoms with Gasteiger partial charge in [0, 0.05) is 18.9 Å². The van der Waals surface area contributed by atoms with Gasteiger partial charge in [-0.05, 0) is 30.7 Å². The number of carbonyl (C=O) groups is 1. The molecule has 5 nitrogen and oxygen atoms in total. The van der Waals surface area contributed by atoms with Crippen LogP contribution >= 0.6 is 0 Å². The summed E-state index contributed by atoms with van der Waals surface area (Å²) in [6, 6.07) is 11.1. The molecule has 0 saturated heterocycles. The molecule has 0 atom stereocenters. The van der Waals surface area contributed by atoms with E-state index in [9.17, 15) is 4.79 Å². The molecule has 3 N–H and O–H groups in total. The molecule has 0 aliphatic rings. The zero-order valence-corrected chi connectivity index (χ0v) is 10.9. The van der Waals surface area contributed by atoms with Gasteiger partial charge < -0.3 is 10.3 Å². The molecule has 0 saturated carbocycles. The number of hydrazine groups is 1. The molecule has 0 fully saturated rings. The van der Waals surface area contributed by atoms with E-state index in [0.29, 0.717) is 11.4 Å². The summed E-state index contributed by atoms with van der Waals surface area (Å²) in [6.45, 7) is 1.96. The lowest BCUT2D eigenvalue weighted by atomic mass is 10.1. The quantitative estimate of drug-likeness (QED) is 0.650. The minimum Gasteiger partial charge on any atom is -0.311 e. The monoisotopic (exact) mass is 256 g/mol. The number of nitrogens with zero attached hydrogens (tertiary/aromatic N) is 2. The molecule has 2 aromatic rings. The second kappa shape index (κ2) is 5.49. The van der Waals surface area contributed by atoms with Gasteiger partial charge in [-0.15, -0.1) is 0 Å². The van der Waals surface area contributed by atoms with Crippen molar-refractivity contribution in [1.29, 1.82) is 0 Å². The van der Waals surface area contributed by atoms with E-state index in [-0.39, 0.29) is 5.91 Å². The van der Waals surface area contributed by atoms with Gasteiger partial charge in [-0.25, -0.2) is 10.8 Å². The average molecular weight is 256 g/mol. The number of para-hydroxylation sites is 1. The third kappa shape index (κ3) is 2.56. The van der Waals surface area contributed by atoms with Gasteiger partial charge >= 0.3 is 0 Å². The number of nitrogens with one attached hydrogen (secondary N) is 1. The number of rotatable bonds is 3. The zero-order valence-electron chi connectivity index (χ0n) is 10.9. The van der Waals surface area contributed by atoms with E-state index in [1.807, 2.05) is 31.2 Å². The molecule has 5 heteroatoms. The molecule has 1 heterocycles. The van der Waals surface area contributed by atoms with Gasteiger partial charge in [0.05, 0.1) is 5.56 Å². The second-order valence-electron chi connectivity index (χ2n) is 4.19. The van der Waals surface area contributed by atoms with Gasteiger partial charge in [0.2, 0.25) is 0 Å². The van der Waals surface area contributed by atoms with E-state index in [4.69, 9.17) is 5.84 Å². The summed E-state index contributed by atoms with van der Waals surface area (Å²) >= 11 is 0. The van der Waals surface area contributed by atoms with Gasteiger partial charge in [-0.2, -0.15) is 0 Å². The van der Waals surface area contributed by atoms with Crippen LogP contribution in [0.4, 0.5) is 11.5 Å². The van der Waals surface area contributed by atoms with Crippen LogP contribution in [0.5, 0.6) is 0 Å². The Morgan fingerprint density at radius 1 is 1.26 bits per heavy atom. The Morgan fingerprint density at radius 3 is 2.68 bits per heavy atom. The Balaban J connectivity index is 2.37. The van der Waals surface area contributed by atoms with E-state index >= 15 is 0 Å². The largest absolute Gasteiger partial charge is 0.311 e. The van der Waals surface area contributed by atoms with Crippen molar-refractivity contribution >= 4 is 17.4 Å². The smallest absolute Gasteiger partial charge is 0.261 e. The molecule has 0 aliphatic carbocycles. The lowest BCUT2D eigenvalue weighted by Crippen LogP contribution is -2.28. The van der Waals surface area contributed by atoms with E-state index in [1.165, 1.54) is 0 Å². The first kappa shape index (κ1) is 13.0. The summed E-state index contributed by atoms with van der Waals surface area (Å²) in [5.41, 5.74) is 4.77. The van der Waals surface area contributed by atoms with Crippen LogP contribution in [-0.4, -0.2) is 17.9 Å². The van der Waals surface area contributed by atoms with Crippen molar-refractivity contribution in [2.24, 2.45) is 5.84 Å². The molecule has 0 spiro atoms. The molecule has 1 amide bonds. The summed E-state index contributed by atoms with van der Waals surface area (Å²) in [6.07, 6.45) is 1.58. The van der Waals surface area contributed by atoms with Crippen molar-refractivity contribution in [3.63, 3.8) is 0 Å². The van der Waals surface area contributed by atoms with Crippen molar-refractivity contribution in [3.05, 3.63) is 53.7 Å². The van der Waals surface area contributed by atoms with Crippen LogP contribution in [0.2, 0.25) is 0 Å². The highest BCUT2D eigenvalue weighted by Crippen LogP contribution is 2.21. The molecule has 0 bridgehead atoms. The molecule has 0 aliphatic heterocycles. The number of aryl methyl sites for hydroxylation is 1. The van der Waals surface area contributed by atoms with Crippen LogP contribution in [0.25, 0.3) is 0 Å². The van der Waals surface area contributed by atoms with Crippen molar-refractivity contribution in [1.82, 2.24) is 4.98 Å². The summed E-state index contributed by atoms with van der Waals surface area (Å²) in [4.78, 5) is 18.1. The molecule has 2 rings (SSSR count). The Morgan fingerprint density at radius 2 is 2.00 bits per heavy atom. The summed E-state index contributed by atoms with van der Waals surface area (Å²) in [5.74, 6) is 5.59. The normalized spacial score (nSPS) is 10.1. The Kier molecular flexibility index (Phi) is 3.77. The topological polar surface area (TPSA) is 71.2 Å². The van der Waals surface area contributed by atoms with Crippen LogP contribution in [0.15, 0.2) is 42.6 Å². The molecule has 98 valence electrons. The minimum absolute atomic E-state index is 0.157. The van der Waals surface area contributed by atoms with E-state index in [0.717, 1.165) is 11.3 Å². The fraction of sp³-hybridized carbons (Fsp3) is 0.143. The predicted octanol–water partition coefficient (Wildman–Crippen LogP) is 1.95. The zero-order chi connectivity index (χ0) is 13.8. The lowest BCUT2D eigenvalue weighted by Gasteiger charge is -2.20. The van der Waals surface area contributed by atoms with Crippen molar-refractivity contribution < 1.29 is 4.79 Å². The van der Waals surface area contributed by atoms with Crippen molar-refractivity contribution in [3.8, 4) is 0 Å². The first-order valence-electron chi connectivity index (χ1n) is 5.90. The Labute approximate surface area is 112 Å². The van der Waals surface area contributed by atoms with E-state index < -0.39 is 0 Å². The molecular weight excluding hydrogens is 240 g/mol. The average Bonchev–Trinajstić information content (AvgIpc) is 2.46. The van der Waals surface area contributed by atoms with Gasteiger partial charge in [-0.1, -0.05) is 18.2 Å². The van der Waals surface area contributed by atoms with Crippen molar-refractivity contribution in [2.75, 3.05) is 17.4 Å². The highest BCUT2D eigenvalue weighted by molar-refractivity contribution is 6.09. The van der Waals surface area contributed by atoms with Gasteiger partial charge in [-0.3, -0.25) is 4.79 Å². The number of amides is 1. The summed E-state index contributed by atoms with van der Waals surface area (Å²) in [5, 5.41) is 0. The number of hydrogen-bond acceptors (Lipinski definition) is 4. The number of nitrogens with two attached hydrogens (primary N) is 1. The number of carbonyl (C=O) groups excluding carboxylic acids is 1. The fourth-order valence-electron chi connectivity index (χ4n) is 1.92. The molecule has 19 heavy (non-hydrogen) atoms. The Hall–Kier alpha value is -2.40. The maximum absolute atomic E-state index is 12.5. The fourth-order valence-corrected chi connectivity index (χ4v) is 1.92. The minimum atomic E-state index is -0.157. The first-order chi connectivity index (χ1) is 9.15. The SMILES string of the molecule is Cc1ccccc1N(C)C(=O)c1cccnc1NN. The number of anilines is 2. The van der Waals surface area contributed by atoms with Crippen LogP contribution in [0.3, 0.4) is 0 Å². The molecule has 1 aromatic carbocycles. The number of nitrogen functional groups attached to an aromatic ring is 1. The molecular formula is C14H16N4O. The third-order valence-electron chi connectivity index (χ3n) is 2.96. The standard InChI is InChI=1S/C14H16N4O/c1-10-6-3-4-8-12(10)18(2)14(19)11-7-5-9-16-13(11)17-15/h3-9H,15H2,1-2H3,(H,16,17). The molecule has 0 unspecified atom stereocenters. The lowest BCUT2D eigenvalue weighted by molar-refractivity contribution is 0.0993. The van der Waals surface area contributed by atoms with Gasteiger partial charge in [0.25, 0.3) is 5.91 Å². The van der Waals surface area contributed by atoms with Crippen LogP contribution in [0.1, 0.15) is 15.9 Å². The van der Waals surface area contributed by atoms with E-state index in [1.54, 1.807) is 30.3 Å². The van der Waals surface area contributed by atoms with Crippen LogP contribution in [0, 0.1) is 6.92 Å². The highest BCUT2D eigenvalue weighted by Gasteiger charge is 2.18. The van der Waals surface area contributed by atoms with Crippen LogP contribution in [-0.2, 0) is 0 Å². The second-order valence-corrected chi connectivity index (χ2v) is 4.19. The summed E-state index contributed by atoms with van der Waals surface area (Å²) in [7, 11) is 1.73. The van der Waals surface area contributed by atoms with Gasteiger partial charge in [0.15, 0.2) is 5.82 Å². The van der Waals surface area contributed by atoms with Crippen LogP contribution < -0.4 is 16.2 Å². The third-order valence-corrected chi connectivity index (χ3v) is 2.96.